The molecule has 0 radical (unpaired) electrons. The van der Waals surface area contributed by atoms with Crippen LogP contribution in [0.5, 0.6) is 0 Å². The maximum Gasteiger partial charge on any atom is 0.164 e. The van der Waals surface area contributed by atoms with Crippen LogP contribution in [0.3, 0.4) is 0 Å². The average molecular weight is 626 g/mol. The fourth-order valence-corrected chi connectivity index (χ4v) is 7.22. The molecule has 0 aliphatic carbocycles. The molecule has 0 spiro atoms. The minimum absolute atomic E-state index is 0.636. The SMILES string of the molecule is c1ccc(-c2nc(-c3ccc4ccc5ccccc5c4c3)nc(-c3cccc4c(-c5cccc6oc7ccccc7c56)cccc34)n2)cc1. The topological polar surface area (TPSA) is 51.8 Å². The maximum atomic E-state index is 6.25. The van der Waals surface area contributed by atoms with Crippen LogP contribution in [-0.2, 0) is 0 Å². The third-order valence-corrected chi connectivity index (χ3v) is 9.53. The quantitative estimate of drug-likeness (QED) is 0.183. The van der Waals surface area contributed by atoms with Crippen molar-refractivity contribution in [1.29, 1.82) is 0 Å². The first kappa shape index (κ1) is 27.5. The standard InChI is InChI=1S/C45H27N3O/c1-2-12-30(13-3-1)43-46-44(31-26-25-29-24-23-28-11-4-5-14-32(28)39(29)27-31)48-45(47-43)37-20-9-16-33-34(17-8-18-35(33)37)36-19-10-22-41-42(36)38-15-6-7-21-40(38)49-41/h1-27H. The third-order valence-electron chi connectivity index (χ3n) is 9.53. The molecule has 4 nitrogen and oxygen atoms in total. The van der Waals surface area contributed by atoms with Gasteiger partial charge < -0.3 is 4.42 Å². The van der Waals surface area contributed by atoms with Gasteiger partial charge in [-0.2, -0.15) is 0 Å². The molecule has 228 valence electrons. The van der Waals surface area contributed by atoms with Crippen LogP contribution in [0, 0.1) is 0 Å². The van der Waals surface area contributed by atoms with Crippen LogP contribution in [0.4, 0.5) is 0 Å². The summed E-state index contributed by atoms with van der Waals surface area (Å²) in [6.45, 7) is 0. The zero-order valence-electron chi connectivity index (χ0n) is 26.3. The Labute approximate surface area is 282 Å². The molecule has 2 aromatic heterocycles. The molecular weight excluding hydrogens is 599 g/mol. The lowest BCUT2D eigenvalue weighted by atomic mass is 9.93. The predicted octanol–water partition coefficient (Wildman–Crippen LogP) is 11.9. The first-order valence-electron chi connectivity index (χ1n) is 16.4. The van der Waals surface area contributed by atoms with Crippen molar-refractivity contribution in [3.05, 3.63) is 164 Å². The molecule has 8 aromatic carbocycles. The Hall–Kier alpha value is -6.65. The van der Waals surface area contributed by atoms with Crippen LogP contribution in [0.2, 0.25) is 0 Å². The molecule has 0 saturated carbocycles. The molecule has 10 aromatic rings. The van der Waals surface area contributed by atoms with E-state index < -0.39 is 0 Å². The molecule has 0 fully saturated rings. The molecule has 49 heavy (non-hydrogen) atoms. The van der Waals surface area contributed by atoms with Gasteiger partial charge in [0.2, 0.25) is 0 Å². The zero-order valence-corrected chi connectivity index (χ0v) is 26.3. The third kappa shape index (κ3) is 4.49. The minimum atomic E-state index is 0.636. The highest BCUT2D eigenvalue weighted by molar-refractivity contribution is 6.16. The van der Waals surface area contributed by atoms with E-state index in [4.69, 9.17) is 19.4 Å². The Morgan fingerprint density at radius 1 is 0.327 bits per heavy atom. The van der Waals surface area contributed by atoms with Crippen LogP contribution in [0.1, 0.15) is 0 Å². The van der Waals surface area contributed by atoms with Crippen molar-refractivity contribution in [2.24, 2.45) is 0 Å². The number of furan rings is 1. The second-order valence-corrected chi connectivity index (χ2v) is 12.4. The van der Waals surface area contributed by atoms with Gasteiger partial charge in [0.25, 0.3) is 0 Å². The summed E-state index contributed by atoms with van der Waals surface area (Å²) in [5.41, 5.74) is 6.88. The van der Waals surface area contributed by atoms with Gasteiger partial charge in [-0.1, -0.05) is 146 Å². The van der Waals surface area contributed by atoms with Crippen LogP contribution in [0.15, 0.2) is 168 Å². The van der Waals surface area contributed by atoms with E-state index in [1.165, 1.54) is 21.5 Å². The summed E-state index contributed by atoms with van der Waals surface area (Å²) >= 11 is 0. The van der Waals surface area contributed by atoms with Crippen LogP contribution in [0.25, 0.3) is 99.5 Å². The van der Waals surface area contributed by atoms with Gasteiger partial charge in [-0.05, 0) is 61.6 Å². The molecule has 10 rings (SSSR count). The van der Waals surface area contributed by atoms with Crippen molar-refractivity contribution in [2.75, 3.05) is 0 Å². The van der Waals surface area contributed by atoms with Gasteiger partial charge in [0.05, 0.1) is 0 Å². The molecule has 0 bridgehead atoms. The van der Waals surface area contributed by atoms with Crippen molar-refractivity contribution in [3.63, 3.8) is 0 Å². The van der Waals surface area contributed by atoms with Gasteiger partial charge in [0.1, 0.15) is 11.2 Å². The highest BCUT2D eigenvalue weighted by Crippen LogP contribution is 2.41. The number of hydrogen-bond acceptors (Lipinski definition) is 4. The summed E-state index contributed by atoms with van der Waals surface area (Å²) < 4.78 is 6.25. The Bertz CT molecular complexity index is 2890. The van der Waals surface area contributed by atoms with Gasteiger partial charge in [0.15, 0.2) is 17.5 Å². The number of rotatable bonds is 4. The van der Waals surface area contributed by atoms with Crippen molar-refractivity contribution in [3.8, 4) is 45.3 Å². The fraction of sp³-hybridized carbons (Fsp3) is 0. The lowest BCUT2D eigenvalue weighted by Crippen LogP contribution is -2.00. The van der Waals surface area contributed by atoms with Crippen molar-refractivity contribution >= 4 is 54.3 Å². The predicted molar refractivity (Wildman–Crippen MR) is 201 cm³/mol. The lowest BCUT2D eigenvalue weighted by Gasteiger charge is -2.13. The number of hydrogen-bond donors (Lipinski definition) is 0. The number of nitrogens with zero attached hydrogens (tertiary/aromatic N) is 3. The molecule has 2 heterocycles. The van der Waals surface area contributed by atoms with E-state index in [-0.39, 0.29) is 0 Å². The maximum absolute atomic E-state index is 6.25. The number of para-hydroxylation sites is 1. The van der Waals surface area contributed by atoms with E-state index in [9.17, 15) is 0 Å². The number of aromatic nitrogens is 3. The average Bonchev–Trinajstić information content (AvgIpc) is 3.56. The summed E-state index contributed by atoms with van der Waals surface area (Å²) in [6.07, 6.45) is 0. The van der Waals surface area contributed by atoms with E-state index >= 15 is 0 Å². The summed E-state index contributed by atoms with van der Waals surface area (Å²) in [5, 5.41) is 9.20. The normalized spacial score (nSPS) is 11.7. The zero-order chi connectivity index (χ0) is 32.3. The molecule has 0 amide bonds. The summed E-state index contributed by atoms with van der Waals surface area (Å²) in [4.78, 5) is 15.3. The van der Waals surface area contributed by atoms with Gasteiger partial charge in [-0.15, -0.1) is 0 Å². The van der Waals surface area contributed by atoms with Crippen molar-refractivity contribution in [2.45, 2.75) is 0 Å². The van der Waals surface area contributed by atoms with Crippen LogP contribution in [-0.4, -0.2) is 15.0 Å². The Kier molecular flexibility index (Phi) is 6.15. The molecule has 4 heteroatoms. The molecule has 0 aliphatic heterocycles. The second kappa shape index (κ2) is 11.0. The molecular formula is C45H27N3O. The van der Waals surface area contributed by atoms with Crippen molar-refractivity contribution < 1.29 is 4.42 Å². The van der Waals surface area contributed by atoms with Gasteiger partial charge in [-0.25, -0.2) is 15.0 Å². The second-order valence-electron chi connectivity index (χ2n) is 12.4. The largest absolute Gasteiger partial charge is 0.456 e. The van der Waals surface area contributed by atoms with Crippen LogP contribution < -0.4 is 0 Å². The monoisotopic (exact) mass is 625 g/mol. The molecule has 0 saturated heterocycles. The first-order chi connectivity index (χ1) is 24.3. The van der Waals surface area contributed by atoms with E-state index in [1.54, 1.807) is 0 Å². The van der Waals surface area contributed by atoms with E-state index in [2.05, 4.69) is 115 Å². The molecule has 0 unspecified atom stereocenters. The highest BCUT2D eigenvalue weighted by Gasteiger charge is 2.18. The number of fused-ring (bicyclic) bond motifs is 7. The minimum Gasteiger partial charge on any atom is -0.456 e. The summed E-state index contributed by atoms with van der Waals surface area (Å²) in [6, 6.07) is 56.9. The lowest BCUT2D eigenvalue weighted by molar-refractivity contribution is 0.669. The smallest absolute Gasteiger partial charge is 0.164 e. The Morgan fingerprint density at radius 2 is 0.898 bits per heavy atom. The highest BCUT2D eigenvalue weighted by atomic mass is 16.3. The summed E-state index contributed by atoms with van der Waals surface area (Å²) in [5.74, 6) is 1.92. The first-order valence-corrected chi connectivity index (χ1v) is 16.4. The molecule has 0 atom stereocenters. The number of benzene rings is 8. The van der Waals surface area contributed by atoms with Crippen molar-refractivity contribution in [1.82, 2.24) is 15.0 Å². The van der Waals surface area contributed by atoms with E-state index in [0.717, 1.165) is 60.5 Å². The molecule has 0 aliphatic rings. The van der Waals surface area contributed by atoms with Gasteiger partial charge in [0, 0.05) is 27.5 Å². The van der Waals surface area contributed by atoms with Crippen LogP contribution >= 0.6 is 0 Å². The summed E-state index contributed by atoms with van der Waals surface area (Å²) in [7, 11) is 0. The van der Waals surface area contributed by atoms with Gasteiger partial charge in [-0.3, -0.25) is 0 Å². The Morgan fingerprint density at radius 3 is 1.76 bits per heavy atom. The Balaban J connectivity index is 1.20. The van der Waals surface area contributed by atoms with E-state index in [1.807, 2.05) is 48.5 Å². The van der Waals surface area contributed by atoms with Gasteiger partial charge >= 0.3 is 0 Å². The van der Waals surface area contributed by atoms with E-state index in [0.29, 0.717) is 17.5 Å². The fourth-order valence-electron chi connectivity index (χ4n) is 7.22. The molecule has 0 N–H and O–H groups in total.